The van der Waals surface area contributed by atoms with Crippen LogP contribution in [0.1, 0.15) is 52.0 Å². The molecule has 4 rings (SSSR count). The molecule has 1 unspecified atom stereocenters. The van der Waals surface area contributed by atoms with Crippen molar-refractivity contribution in [2.24, 2.45) is 21.1 Å². The van der Waals surface area contributed by atoms with E-state index in [1.54, 1.807) is 0 Å². The highest BCUT2D eigenvalue weighted by Crippen LogP contribution is 2.54. The molecule has 0 aromatic heterocycles. The number of carbonyl (C=O) groups is 1. The van der Waals surface area contributed by atoms with Crippen molar-refractivity contribution < 1.29 is 4.79 Å². The molecule has 4 nitrogen and oxygen atoms in total. The molecule has 2 aliphatic heterocycles. The number of rotatable bonds is 4. The average Bonchev–Trinajstić information content (AvgIpc) is 3.07. The molecule has 2 heterocycles. The highest BCUT2D eigenvalue weighted by Gasteiger charge is 2.49. The standard InChI is InChI=1S/C22H27N3O/c1-4-22(11-10-15-8-6-5-7-9-15)16-14-23-25-20(16)24-17-12-21(2,3)13-18(26)19(17)22/h5-9,24H,4,10-14H2,1-3H3. The number of ketones is 1. The van der Waals surface area contributed by atoms with E-state index in [-0.39, 0.29) is 10.8 Å². The van der Waals surface area contributed by atoms with Gasteiger partial charge >= 0.3 is 0 Å². The summed E-state index contributed by atoms with van der Waals surface area (Å²) in [5.74, 6) is 1.20. The van der Waals surface area contributed by atoms with Crippen LogP contribution in [0.15, 0.2) is 63.2 Å². The number of hydrogen-bond acceptors (Lipinski definition) is 4. The number of aryl methyl sites for hydroxylation is 1. The first kappa shape index (κ1) is 17.2. The Kier molecular flexibility index (Phi) is 4.09. The van der Waals surface area contributed by atoms with Gasteiger partial charge in [0.2, 0.25) is 0 Å². The van der Waals surface area contributed by atoms with Gasteiger partial charge < -0.3 is 5.32 Å². The lowest BCUT2D eigenvalue weighted by Gasteiger charge is -2.45. The summed E-state index contributed by atoms with van der Waals surface area (Å²) in [5, 5.41) is 12.1. The minimum atomic E-state index is -0.233. The summed E-state index contributed by atoms with van der Waals surface area (Å²) >= 11 is 0. The van der Waals surface area contributed by atoms with E-state index in [0.29, 0.717) is 18.7 Å². The van der Waals surface area contributed by atoms with E-state index in [0.717, 1.165) is 42.8 Å². The molecule has 1 aromatic carbocycles. The quantitative estimate of drug-likeness (QED) is 0.837. The largest absolute Gasteiger partial charge is 0.342 e. The molecular formula is C22H27N3O. The lowest BCUT2D eigenvalue weighted by Crippen LogP contribution is -2.44. The van der Waals surface area contributed by atoms with E-state index in [2.05, 4.69) is 60.6 Å². The molecule has 26 heavy (non-hydrogen) atoms. The molecule has 1 atom stereocenters. The van der Waals surface area contributed by atoms with Crippen LogP contribution in [-0.4, -0.2) is 12.3 Å². The van der Waals surface area contributed by atoms with Crippen LogP contribution in [-0.2, 0) is 11.2 Å². The number of Topliss-reactive ketones (excluding diaryl/α,β-unsaturated/α-hetero) is 1. The Hall–Kier alpha value is -2.23. The van der Waals surface area contributed by atoms with Crippen molar-refractivity contribution in [3.05, 3.63) is 58.6 Å². The Labute approximate surface area is 155 Å². The molecule has 136 valence electrons. The van der Waals surface area contributed by atoms with Gasteiger partial charge in [-0.15, -0.1) is 5.11 Å². The van der Waals surface area contributed by atoms with Crippen LogP contribution in [0.5, 0.6) is 0 Å². The first-order chi connectivity index (χ1) is 12.5. The maximum absolute atomic E-state index is 13.2. The molecule has 4 heteroatoms. The Balaban J connectivity index is 1.77. The van der Waals surface area contributed by atoms with Gasteiger partial charge in [-0.05, 0) is 36.7 Å². The Morgan fingerprint density at radius 2 is 1.92 bits per heavy atom. The molecule has 0 amide bonds. The van der Waals surface area contributed by atoms with Crippen molar-refractivity contribution in [3.63, 3.8) is 0 Å². The van der Waals surface area contributed by atoms with Gasteiger partial charge in [0.25, 0.3) is 0 Å². The summed E-state index contributed by atoms with van der Waals surface area (Å²) in [6, 6.07) is 10.6. The van der Waals surface area contributed by atoms with Crippen molar-refractivity contribution in [1.29, 1.82) is 0 Å². The Morgan fingerprint density at radius 1 is 1.15 bits per heavy atom. The zero-order chi connectivity index (χ0) is 18.4. The number of dihydropyridines is 1. The highest BCUT2D eigenvalue weighted by atomic mass is 16.1. The van der Waals surface area contributed by atoms with Crippen LogP contribution in [0.3, 0.4) is 0 Å². The fourth-order valence-corrected chi connectivity index (χ4v) is 4.91. The van der Waals surface area contributed by atoms with Gasteiger partial charge in [-0.1, -0.05) is 51.1 Å². The van der Waals surface area contributed by atoms with Crippen LogP contribution in [0.2, 0.25) is 0 Å². The number of hydrogen-bond donors (Lipinski definition) is 1. The molecule has 1 N–H and O–H groups in total. The SMILES string of the molecule is CCC1(CCc2ccccc2)C2=C(N=NC2)NC2=C1C(=O)CC(C)(C)C2. The van der Waals surface area contributed by atoms with Gasteiger partial charge in [0.05, 0.1) is 6.54 Å². The summed E-state index contributed by atoms with van der Waals surface area (Å²) in [6.07, 6.45) is 4.32. The lowest BCUT2D eigenvalue weighted by molar-refractivity contribution is -0.119. The average molecular weight is 349 g/mol. The minimum Gasteiger partial charge on any atom is -0.342 e. The predicted molar refractivity (Wildman–Crippen MR) is 102 cm³/mol. The third-order valence-electron chi connectivity index (χ3n) is 6.17. The summed E-state index contributed by atoms with van der Waals surface area (Å²) in [4.78, 5) is 13.2. The second-order valence-electron chi connectivity index (χ2n) is 8.57. The smallest absolute Gasteiger partial charge is 0.162 e. The van der Waals surface area contributed by atoms with E-state index in [4.69, 9.17) is 0 Å². The van der Waals surface area contributed by atoms with E-state index < -0.39 is 0 Å². The second-order valence-corrected chi connectivity index (χ2v) is 8.57. The van der Waals surface area contributed by atoms with Gasteiger partial charge in [-0.25, -0.2) is 0 Å². The van der Waals surface area contributed by atoms with Crippen LogP contribution >= 0.6 is 0 Å². The summed E-state index contributed by atoms with van der Waals surface area (Å²) < 4.78 is 0. The fraction of sp³-hybridized carbons (Fsp3) is 0.500. The molecule has 0 spiro atoms. The lowest BCUT2D eigenvalue weighted by atomic mass is 9.60. The first-order valence-electron chi connectivity index (χ1n) is 9.64. The van der Waals surface area contributed by atoms with Crippen LogP contribution in [0.25, 0.3) is 0 Å². The number of benzene rings is 1. The van der Waals surface area contributed by atoms with Crippen LogP contribution < -0.4 is 5.32 Å². The molecule has 1 aliphatic carbocycles. The van der Waals surface area contributed by atoms with Crippen molar-refractivity contribution in [2.45, 2.75) is 52.9 Å². The maximum Gasteiger partial charge on any atom is 0.162 e. The maximum atomic E-state index is 13.2. The summed E-state index contributed by atoms with van der Waals surface area (Å²) in [7, 11) is 0. The van der Waals surface area contributed by atoms with Crippen molar-refractivity contribution >= 4 is 5.78 Å². The molecule has 0 fully saturated rings. The molecule has 3 aliphatic rings. The highest BCUT2D eigenvalue weighted by molar-refractivity contribution is 6.00. The molecule has 0 radical (unpaired) electrons. The Morgan fingerprint density at radius 3 is 2.65 bits per heavy atom. The van der Waals surface area contributed by atoms with Gasteiger partial charge in [0, 0.05) is 28.7 Å². The number of azo groups is 1. The summed E-state index contributed by atoms with van der Waals surface area (Å²) in [5.41, 5.74) is 4.39. The minimum absolute atomic E-state index is 0.00433. The number of carbonyl (C=O) groups excluding carboxylic acids is 1. The van der Waals surface area contributed by atoms with E-state index in [1.807, 2.05) is 6.07 Å². The number of allylic oxidation sites excluding steroid dienone is 2. The first-order valence-corrected chi connectivity index (χ1v) is 9.64. The molecular weight excluding hydrogens is 322 g/mol. The van der Waals surface area contributed by atoms with Gasteiger partial charge in [-0.3, -0.25) is 4.79 Å². The van der Waals surface area contributed by atoms with Gasteiger partial charge in [0.15, 0.2) is 11.6 Å². The zero-order valence-electron chi connectivity index (χ0n) is 15.9. The third-order valence-corrected chi connectivity index (χ3v) is 6.17. The second kappa shape index (κ2) is 6.19. The Bertz CT molecular complexity index is 832. The molecule has 0 bridgehead atoms. The number of nitrogens with one attached hydrogen (secondary N) is 1. The molecule has 0 saturated heterocycles. The predicted octanol–water partition coefficient (Wildman–Crippen LogP) is 4.94. The monoisotopic (exact) mass is 349 g/mol. The fourth-order valence-electron chi connectivity index (χ4n) is 4.91. The van der Waals surface area contributed by atoms with E-state index in [9.17, 15) is 4.79 Å². The van der Waals surface area contributed by atoms with Crippen molar-refractivity contribution in [1.82, 2.24) is 5.32 Å². The van der Waals surface area contributed by atoms with E-state index in [1.165, 1.54) is 11.1 Å². The normalized spacial score (nSPS) is 26.7. The van der Waals surface area contributed by atoms with Crippen molar-refractivity contribution in [3.8, 4) is 0 Å². The third kappa shape index (κ3) is 2.72. The van der Waals surface area contributed by atoms with Crippen LogP contribution in [0.4, 0.5) is 0 Å². The topological polar surface area (TPSA) is 53.8 Å². The van der Waals surface area contributed by atoms with Gasteiger partial charge in [0.1, 0.15) is 0 Å². The zero-order valence-corrected chi connectivity index (χ0v) is 15.9. The van der Waals surface area contributed by atoms with E-state index >= 15 is 0 Å². The summed E-state index contributed by atoms with van der Waals surface area (Å²) in [6.45, 7) is 7.16. The number of nitrogens with zero attached hydrogens (tertiary/aromatic N) is 2. The van der Waals surface area contributed by atoms with Crippen molar-refractivity contribution in [2.75, 3.05) is 6.54 Å². The van der Waals surface area contributed by atoms with Crippen LogP contribution in [0, 0.1) is 10.8 Å². The van der Waals surface area contributed by atoms with Gasteiger partial charge in [-0.2, -0.15) is 5.11 Å². The molecule has 0 saturated carbocycles. The molecule has 1 aromatic rings.